The average Bonchev–Trinajstić information content (AvgIpc) is 2.40. The fourth-order valence-corrected chi connectivity index (χ4v) is 1.53. The number of carbonyl (C=O) groups excluding carboxylic acids is 2. The van der Waals surface area contributed by atoms with Gasteiger partial charge in [-0.1, -0.05) is 12.1 Å². The lowest BCUT2D eigenvalue weighted by atomic mass is 10.1. The summed E-state index contributed by atoms with van der Waals surface area (Å²) < 4.78 is 12.7. The Kier molecular flexibility index (Phi) is 6.66. The number of nitrogens with zero attached hydrogens (tertiary/aromatic N) is 1. The third-order valence-corrected chi connectivity index (χ3v) is 2.66. The second kappa shape index (κ2) is 8.27. The summed E-state index contributed by atoms with van der Waals surface area (Å²) in [5.41, 5.74) is 0.903. The summed E-state index contributed by atoms with van der Waals surface area (Å²) in [5, 5.41) is 5.05. The lowest BCUT2D eigenvalue weighted by molar-refractivity contribution is -0.139. The normalized spacial score (nSPS) is 10.4. The van der Waals surface area contributed by atoms with E-state index in [4.69, 9.17) is 0 Å². The Morgan fingerprint density at radius 1 is 1.05 bits per heavy atom. The van der Waals surface area contributed by atoms with Crippen molar-refractivity contribution < 1.29 is 14.0 Å². The molecular weight excluding hydrogens is 261 g/mol. The Morgan fingerprint density at radius 2 is 1.60 bits per heavy atom. The van der Waals surface area contributed by atoms with Crippen LogP contribution in [0.15, 0.2) is 24.3 Å². The molecule has 0 aromatic heterocycles. The first-order chi connectivity index (χ1) is 9.49. The highest BCUT2D eigenvalue weighted by Gasteiger charge is 2.11. The Labute approximate surface area is 118 Å². The maximum Gasteiger partial charge on any atom is 0.309 e. The van der Waals surface area contributed by atoms with Crippen LogP contribution in [0.25, 0.3) is 0 Å². The highest BCUT2D eigenvalue weighted by Crippen LogP contribution is 2.02. The van der Waals surface area contributed by atoms with Crippen molar-refractivity contribution in [1.29, 1.82) is 0 Å². The highest BCUT2D eigenvalue weighted by atomic mass is 19.1. The largest absolute Gasteiger partial charge is 0.348 e. The summed E-state index contributed by atoms with van der Waals surface area (Å²) in [5.74, 6) is -1.57. The van der Waals surface area contributed by atoms with Gasteiger partial charge in [0.15, 0.2) is 0 Å². The van der Waals surface area contributed by atoms with Crippen LogP contribution in [-0.4, -0.2) is 50.4 Å². The summed E-state index contributed by atoms with van der Waals surface area (Å²) in [6, 6.07) is 6.04. The van der Waals surface area contributed by atoms with Crippen molar-refractivity contribution in [3.05, 3.63) is 35.6 Å². The molecule has 0 heterocycles. The number of benzene rings is 1. The Morgan fingerprint density at radius 3 is 2.15 bits per heavy atom. The molecule has 0 aliphatic heterocycles. The van der Waals surface area contributed by atoms with E-state index in [0.29, 0.717) is 26.1 Å². The first-order valence-electron chi connectivity index (χ1n) is 6.44. The summed E-state index contributed by atoms with van der Waals surface area (Å²) in [6.07, 6.45) is 0.553. The first kappa shape index (κ1) is 16.1. The minimum absolute atomic E-state index is 0.293. The first-order valence-corrected chi connectivity index (χ1v) is 6.44. The minimum Gasteiger partial charge on any atom is -0.348 e. The summed E-state index contributed by atoms with van der Waals surface area (Å²) in [6.45, 7) is 1.44. The van der Waals surface area contributed by atoms with E-state index in [1.165, 1.54) is 12.1 Å². The topological polar surface area (TPSA) is 61.4 Å². The van der Waals surface area contributed by atoms with Crippen LogP contribution in [0, 0.1) is 5.82 Å². The van der Waals surface area contributed by atoms with Gasteiger partial charge in [0.1, 0.15) is 5.82 Å². The van der Waals surface area contributed by atoms with E-state index in [1.54, 1.807) is 12.1 Å². The van der Waals surface area contributed by atoms with Gasteiger partial charge in [-0.05, 0) is 38.2 Å². The van der Waals surface area contributed by atoms with Gasteiger partial charge in [-0.25, -0.2) is 4.39 Å². The Hall–Kier alpha value is -1.95. The van der Waals surface area contributed by atoms with Crippen molar-refractivity contribution in [2.75, 3.05) is 33.7 Å². The van der Waals surface area contributed by atoms with Crippen molar-refractivity contribution in [3.8, 4) is 0 Å². The lowest BCUT2D eigenvalue weighted by Crippen LogP contribution is -2.42. The number of halogens is 1. The van der Waals surface area contributed by atoms with Gasteiger partial charge in [-0.2, -0.15) is 0 Å². The van der Waals surface area contributed by atoms with Gasteiger partial charge in [0.05, 0.1) is 0 Å². The fraction of sp³-hybridized carbons (Fsp3) is 0.429. The van der Waals surface area contributed by atoms with E-state index in [2.05, 4.69) is 10.6 Å². The van der Waals surface area contributed by atoms with Crippen molar-refractivity contribution in [2.24, 2.45) is 0 Å². The predicted molar refractivity (Wildman–Crippen MR) is 74.7 cm³/mol. The molecule has 0 fully saturated rings. The molecule has 2 amide bonds. The standard InChI is InChI=1S/C14H20FN3O2/c1-18(2)10-9-17-14(20)13(19)16-8-7-11-3-5-12(15)6-4-11/h3-6H,7-10H2,1-2H3,(H,16,19)(H,17,20). The average molecular weight is 281 g/mol. The quantitative estimate of drug-likeness (QED) is 0.730. The molecule has 0 aliphatic rings. The molecule has 0 saturated heterocycles. The van der Waals surface area contributed by atoms with Gasteiger partial charge in [0.25, 0.3) is 0 Å². The van der Waals surface area contributed by atoms with Crippen molar-refractivity contribution in [3.63, 3.8) is 0 Å². The number of hydrogen-bond acceptors (Lipinski definition) is 3. The van der Waals surface area contributed by atoms with E-state index in [1.807, 2.05) is 19.0 Å². The maximum atomic E-state index is 12.7. The van der Waals surface area contributed by atoms with Crippen LogP contribution in [0.2, 0.25) is 0 Å². The summed E-state index contributed by atoms with van der Waals surface area (Å²) in [7, 11) is 3.77. The van der Waals surface area contributed by atoms with Crippen molar-refractivity contribution in [2.45, 2.75) is 6.42 Å². The zero-order valence-corrected chi connectivity index (χ0v) is 11.8. The molecule has 1 rings (SSSR count). The van der Waals surface area contributed by atoms with Gasteiger partial charge in [0, 0.05) is 19.6 Å². The molecule has 2 N–H and O–H groups in total. The molecule has 0 bridgehead atoms. The van der Waals surface area contributed by atoms with E-state index in [9.17, 15) is 14.0 Å². The van der Waals surface area contributed by atoms with Crippen LogP contribution < -0.4 is 10.6 Å². The van der Waals surface area contributed by atoms with E-state index < -0.39 is 11.8 Å². The SMILES string of the molecule is CN(C)CCNC(=O)C(=O)NCCc1ccc(F)cc1. The molecule has 1 aromatic carbocycles. The van der Waals surface area contributed by atoms with Gasteiger partial charge < -0.3 is 15.5 Å². The molecule has 6 heteroatoms. The predicted octanol–water partition coefficient (Wildman–Crippen LogP) is 0.162. The second-order valence-electron chi connectivity index (χ2n) is 4.69. The third-order valence-electron chi connectivity index (χ3n) is 2.66. The molecule has 0 unspecified atom stereocenters. The van der Waals surface area contributed by atoms with Crippen molar-refractivity contribution in [1.82, 2.24) is 15.5 Å². The number of carbonyl (C=O) groups is 2. The van der Waals surface area contributed by atoms with E-state index >= 15 is 0 Å². The molecule has 1 aromatic rings. The van der Waals surface area contributed by atoms with Gasteiger partial charge >= 0.3 is 11.8 Å². The molecule has 0 radical (unpaired) electrons. The molecular formula is C14H20FN3O2. The van der Waals surface area contributed by atoms with Gasteiger partial charge in [0.2, 0.25) is 0 Å². The Bertz CT molecular complexity index is 446. The smallest absolute Gasteiger partial charge is 0.309 e. The molecule has 0 aliphatic carbocycles. The molecule has 110 valence electrons. The second-order valence-corrected chi connectivity index (χ2v) is 4.69. The van der Waals surface area contributed by atoms with Crippen LogP contribution >= 0.6 is 0 Å². The molecule has 0 spiro atoms. The number of amides is 2. The minimum atomic E-state index is -0.647. The number of hydrogen-bond donors (Lipinski definition) is 2. The number of rotatable bonds is 6. The maximum absolute atomic E-state index is 12.7. The van der Waals surface area contributed by atoms with E-state index in [0.717, 1.165) is 5.56 Å². The van der Waals surface area contributed by atoms with Crippen LogP contribution in [0.4, 0.5) is 4.39 Å². The van der Waals surface area contributed by atoms with Crippen LogP contribution in [0.3, 0.4) is 0 Å². The third kappa shape index (κ3) is 6.29. The molecule has 20 heavy (non-hydrogen) atoms. The monoisotopic (exact) mass is 281 g/mol. The fourth-order valence-electron chi connectivity index (χ4n) is 1.53. The Balaban J connectivity index is 2.22. The van der Waals surface area contributed by atoms with E-state index in [-0.39, 0.29) is 5.82 Å². The number of likely N-dealkylation sites (N-methyl/N-ethyl adjacent to an activating group) is 1. The molecule has 5 nitrogen and oxygen atoms in total. The van der Waals surface area contributed by atoms with Crippen molar-refractivity contribution >= 4 is 11.8 Å². The zero-order chi connectivity index (χ0) is 15.0. The lowest BCUT2D eigenvalue weighted by Gasteiger charge is -2.10. The zero-order valence-electron chi connectivity index (χ0n) is 11.8. The van der Waals surface area contributed by atoms with Crippen LogP contribution in [0.1, 0.15) is 5.56 Å². The highest BCUT2D eigenvalue weighted by molar-refractivity contribution is 6.35. The summed E-state index contributed by atoms with van der Waals surface area (Å²) in [4.78, 5) is 24.8. The summed E-state index contributed by atoms with van der Waals surface area (Å²) >= 11 is 0. The molecule has 0 atom stereocenters. The van der Waals surface area contributed by atoms with Gasteiger partial charge in [-0.15, -0.1) is 0 Å². The van der Waals surface area contributed by atoms with Crippen LogP contribution in [0.5, 0.6) is 0 Å². The number of nitrogens with one attached hydrogen (secondary N) is 2. The molecule has 0 saturated carbocycles. The van der Waals surface area contributed by atoms with Crippen LogP contribution in [-0.2, 0) is 16.0 Å². The van der Waals surface area contributed by atoms with Gasteiger partial charge in [-0.3, -0.25) is 9.59 Å².